The van der Waals surface area contributed by atoms with Crippen LogP contribution in [0.4, 0.5) is 0 Å². The maximum atomic E-state index is 10.3. The zero-order chi connectivity index (χ0) is 20.8. The molecular weight excluding hydrogens is 360 g/mol. The van der Waals surface area contributed by atoms with E-state index < -0.39 is 30.4 Å². The molecule has 0 aromatic rings. The number of hydrogen-bond donors (Lipinski definition) is 4. The summed E-state index contributed by atoms with van der Waals surface area (Å²) in [5.74, 6) is -0.784. The van der Waals surface area contributed by atoms with Gasteiger partial charge in [-0.2, -0.15) is 0 Å². The van der Waals surface area contributed by atoms with Crippen molar-refractivity contribution < 1.29 is 30.0 Å². The fourth-order valence-corrected chi connectivity index (χ4v) is 2.82. The Bertz CT molecular complexity index is 551. The largest absolute Gasteiger partial charge is 0.481 e. The summed E-state index contributed by atoms with van der Waals surface area (Å²) in [6.07, 6.45) is 16.0. The molecule has 4 N–H and O–H groups in total. The van der Waals surface area contributed by atoms with E-state index in [4.69, 9.17) is 9.84 Å². The lowest BCUT2D eigenvalue weighted by molar-refractivity contribution is -0.136. The molecular formula is C22H34O6. The van der Waals surface area contributed by atoms with E-state index in [-0.39, 0.29) is 12.5 Å². The number of carboxylic acids is 1. The molecule has 0 aliphatic carbocycles. The summed E-state index contributed by atoms with van der Waals surface area (Å²) in [5.41, 5.74) is 0. The third-order valence-corrected chi connectivity index (χ3v) is 4.50. The number of aliphatic hydroxyl groups excluding tert-OH is 3. The molecule has 0 amide bonds. The van der Waals surface area contributed by atoms with Crippen LogP contribution in [0, 0.1) is 0 Å². The predicted molar refractivity (Wildman–Crippen MR) is 109 cm³/mol. The van der Waals surface area contributed by atoms with Crippen LogP contribution < -0.4 is 0 Å². The van der Waals surface area contributed by atoms with Gasteiger partial charge in [0, 0.05) is 12.8 Å². The Balaban J connectivity index is 2.18. The monoisotopic (exact) mass is 394 g/mol. The SMILES string of the molecule is CC[C@@H](O)[C@H]1C[C@@H](O)[C@H](/C=C/[C@@H](O)C/C=C\C/C=C\C/C=C\CCC(=O)O)O1. The molecule has 6 nitrogen and oxygen atoms in total. The molecule has 1 fully saturated rings. The van der Waals surface area contributed by atoms with Gasteiger partial charge >= 0.3 is 5.97 Å². The molecule has 6 heteroatoms. The highest BCUT2D eigenvalue weighted by atomic mass is 16.5. The molecule has 1 saturated heterocycles. The van der Waals surface area contributed by atoms with Gasteiger partial charge in [-0.1, -0.05) is 55.5 Å². The van der Waals surface area contributed by atoms with Crippen LogP contribution >= 0.6 is 0 Å². The van der Waals surface area contributed by atoms with Crippen molar-refractivity contribution in [3.63, 3.8) is 0 Å². The highest BCUT2D eigenvalue weighted by Crippen LogP contribution is 2.25. The number of aliphatic hydroxyl groups is 3. The second-order valence-electron chi connectivity index (χ2n) is 6.92. The molecule has 0 bridgehead atoms. The molecule has 0 spiro atoms. The number of rotatable bonds is 13. The minimum absolute atomic E-state index is 0.160. The minimum Gasteiger partial charge on any atom is -0.481 e. The van der Waals surface area contributed by atoms with Crippen LogP contribution in [0.15, 0.2) is 48.6 Å². The summed E-state index contributed by atoms with van der Waals surface area (Å²) < 4.78 is 5.63. The van der Waals surface area contributed by atoms with Crippen LogP contribution in [0.3, 0.4) is 0 Å². The van der Waals surface area contributed by atoms with Gasteiger partial charge in [0.15, 0.2) is 0 Å². The van der Waals surface area contributed by atoms with Crippen molar-refractivity contribution in [2.24, 2.45) is 0 Å². The van der Waals surface area contributed by atoms with Gasteiger partial charge in [0.05, 0.1) is 24.4 Å². The fourth-order valence-electron chi connectivity index (χ4n) is 2.82. The Labute approximate surface area is 167 Å². The van der Waals surface area contributed by atoms with Crippen LogP contribution in [0.25, 0.3) is 0 Å². The maximum Gasteiger partial charge on any atom is 0.303 e. The second kappa shape index (κ2) is 14.3. The Morgan fingerprint density at radius 1 is 1.11 bits per heavy atom. The summed E-state index contributed by atoms with van der Waals surface area (Å²) >= 11 is 0. The van der Waals surface area contributed by atoms with Crippen LogP contribution in [0.1, 0.15) is 51.9 Å². The lowest BCUT2D eigenvalue weighted by Gasteiger charge is -2.16. The van der Waals surface area contributed by atoms with Crippen molar-refractivity contribution in [1.29, 1.82) is 0 Å². The number of hydrogen-bond acceptors (Lipinski definition) is 5. The lowest BCUT2D eigenvalue weighted by Crippen LogP contribution is -2.25. The fraction of sp³-hybridized carbons (Fsp3) is 0.591. The quantitative estimate of drug-likeness (QED) is 0.358. The Hall–Kier alpha value is -1.73. The van der Waals surface area contributed by atoms with Gasteiger partial charge in [-0.3, -0.25) is 4.79 Å². The van der Waals surface area contributed by atoms with Gasteiger partial charge < -0.3 is 25.2 Å². The van der Waals surface area contributed by atoms with Gasteiger partial charge in [0.25, 0.3) is 0 Å². The summed E-state index contributed by atoms with van der Waals surface area (Å²) in [4.78, 5) is 10.3. The van der Waals surface area contributed by atoms with E-state index in [0.29, 0.717) is 25.7 Å². The van der Waals surface area contributed by atoms with E-state index in [2.05, 4.69) is 0 Å². The molecule has 5 atom stereocenters. The summed E-state index contributed by atoms with van der Waals surface area (Å²) in [6.45, 7) is 1.87. The molecule has 0 radical (unpaired) electrons. The Kier molecular flexibility index (Phi) is 12.4. The van der Waals surface area contributed by atoms with Crippen molar-refractivity contribution in [3.8, 4) is 0 Å². The summed E-state index contributed by atoms with van der Waals surface area (Å²) in [5, 5.41) is 38.3. The Morgan fingerprint density at radius 2 is 1.75 bits per heavy atom. The average molecular weight is 395 g/mol. The van der Waals surface area contributed by atoms with Gasteiger partial charge in [-0.05, 0) is 32.1 Å². The highest BCUT2D eigenvalue weighted by molar-refractivity contribution is 5.66. The molecule has 0 aromatic carbocycles. The van der Waals surface area contributed by atoms with E-state index in [9.17, 15) is 20.1 Å². The zero-order valence-electron chi connectivity index (χ0n) is 16.6. The van der Waals surface area contributed by atoms with Crippen LogP contribution in [0.5, 0.6) is 0 Å². The second-order valence-corrected chi connectivity index (χ2v) is 6.92. The highest BCUT2D eigenvalue weighted by Gasteiger charge is 2.35. The minimum atomic E-state index is -0.784. The number of aliphatic carboxylic acids is 1. The summed E-state index contributed by atoms with van der Waals surface area (Å²) in [6, 6.07) is 0. The van der Waals surface area contributed by atoms with Crippen LogP contribution in [-0.4, -0.2) is 56.9 Å². The Morgan fingerprint density at radius 3 is 2.39 bits per heavy atom. The molecule has 0 saturated carbocycles. The van der Waals surface area contributed by atoms with Gasteiger partial charge in [0.2, 0.25) is 0 Å². The van der Waals surface area contributed by atoms with Crippen molar-refractivity contribution in [2.75, 3.05) is 0 Å². The lowest BCUT2D eigenvalue weighted by atomic mass is 10.1. The molecule has 28 heavy (non-hydrogen) atoms. The zero-order valence-corrected chi connectivity index (χ0v) is 16.6. The molecule has 1 heterocycles. The van der Waals surface area contributed by atoms with Gasteiger partial charge in [-0.15, -0.1) is 0 Å². The van der Waals surface area contributed by atoms with E-state index in [1.807, 2.05) is 43.4 Å². The molecule has 158 valence electrons. The number of allylic oxidation sites excluding steroid dienone is 5. The van der Waals surface area contributed by atoms with Crippen LogP contribution in [0.2, 0.25) is 0 Å². The average Bonchev–Trinajstić information content (AvgIpc) is 3.04. The van der Waals surface area contributed by atoms with Gasteiger partial charge in [0.1, 0.15) is 6.10 Å². The topological polar surface area (TPSA) is 107 Å². The van der Waals surface area contributed by atoms with Crippen molar-refractivity contribution in [2.45, 2.75) is 82.4 Å². The number of carboxylic acid groups (broad SMARTS) is 1. The molecule has 1 aliphatic heterocycles. The molecule has 1 aliphatic rings. The van der Waals surface area contributed by atoms with E-state index >= 15 is 0 Å². The van der Waals surface area contributed by atoms with Crippen molar-refractivity contribution in [1.82, 2.24) is 0 Å². The smallest absolute Gasteiger partial charge is 0.303 e. The van der Waals surface area contributed by atoms with E-state index in [0.717, 1.165) is 12.8 Å². The third kappa shape index (κ3) is 10.6. The first kappa shape index (κ1) is 24.3. The summed E-state index contributed by atoms with van der Waals surface area (Å²) in [7, 11) is 0. The molecule has 0 aromatic heterocycles. The first-order valence-electron chi connectivity index (χ1n) is 9.98. The first-order chi connectivity index (χ1) is 13.4. The predicted octanol–water partition coefficient (Wildman–Crippen LogP) is 2.90. The maximum absolute atomic E-state index is 10.3. The molecule has 0 unspecified atom stereocenters. The molecule has 1 rings (SSSR count). The van der Waals surface area contributed by atoms with E-state index in [1.54, 1.807) is 12.2 Å². The normalized spacial score (nSPS) is 25.5. The van der Waals surface area contributed by atoms with Crippen molar-refractivity contribution in [3.05, 3.63) is 48.6 Å². The third-order valence-electron chi connectivity index (χ3n) is 4.50. The van der Waals surface area contributed by atoms with E-state index in [1.165, 1.54) is 0 Å². The number of carbonyl (C=O) groups is 1. The van der Waals surface area contributed by atoms with Crippen LogP contribution in [-0.2, 0) is 9.53 Å². The van der Waals surface area contributed by atoms with Crippen molar-refractivity contribution >= 4 is 5.97 Å². The standard InChI is InChI=1S/C22H34O6/c1-2-18(24)21-16-19(25)20(28-21)15-14-17(23)12-10-8-6-4-3-5-7-9-11-13-22(26)27/h3-4,7-10,14-15,17-21,23-25H,2,5-6,11-13,16H2,1H3,(H,26,27)/b4-3-,9-7-,10-8-,15-14+/t17-,18+,19+,20-,21+/m0/s1. The first-order valence-corrected chi connectivity index (χ1v) is 9.98. The number of ether oxygens (including phenoxy) is 1. The van der Waals surface area contributed by atoms with Gasteiger partial charge in [-0.25, -0.2) is 0 Å².